The van der Waals surface area contributed by atoms with Crippen molar-refractivity contribution in [3.05, 3.63) is 65.4 Å². The minimum absolute atomic E-state index is 0.211. The van der Waals surface area contributed by atoms with Crippen LogP contribution in [-0.2, 0) is 0 Å². The number of hydrogen-bond acceptors (Lipinski definition) is 4. The maximum atomic E-state index is 12.4. The van der Waals surface area contributed by atoms with Crippen molar-refractivity contribution in [3.63, 3.8) is 0 Å². The number of hydrogen-bond donors (Lipinski definition) is 0. The predicted octanol–water partition coefficient (Wildman–Crippen LogP) is 4.65. The van der Waals surface area contributed by atoms with E-state index in [4.69, 9.17) is 13.9 Å². The highest BCUT2D eigenvalue weighted by Gasteiger charge is 2.13. The van der Waals surface area contributed by atoms with Crippen LogP contribution in [-0.4, -0.2) is 20.0 Å². The van der Waals surface area contributed by atoms with Crippen LogP contribution in [0.4, 0.5) is 0 Å². The lowest BCUT2D eigenvalue weighted by Gasteiger charge is -2.05. The Morgan fingerprint density at radius 1 is 1.04 bits per heavy atom. The molecule has 0 saturated heterocycles. The Morgan fingerprint density at radius 3 is 2.58 bits per heavy atom. The van der Waals surface area contributed by atoms with Crippen LogP contribution in [0.25, 0.3) is 17.0 Å². The molecule has 24 heavy (non-hydrogen) atoms. The molecule has 0 aliphatic carbocycles. The summed E-state index contributed by atoms with van der Waals surface area (Å²) in [6.07, 6.45) is 3.22. The first kappa shape index (κ1) is 15.9. The van der Waals surface area contributed by atoms with E-state index in [-0.39, 0.29) is 11.5 Å². The molecule has 4 nitrogen and oxygen atoms in total. The molecular weight excluding hydrogens is 304 g/mol. The molecule has 0 unspecified atom stereocenters. The average Bonchev–Trinajstić information content (AvgIpc) is 3.04. The zero-order valence-electron chi connectivity index (χ0n) is 13.8. The van der Waals surface area contributed by atoms with Gasteiger partial charge in [0, 0.05) is 10.9 Å². The van der Waals surface area contributed by atoms with Gasteiger partial charge in [0.25, 0.3) is 0 Å². The number of fused-ring (bicyclic) bond motifs is 1. The molecule has 0 N–H and O–H groups in total. The molecule has 0 spiro atoms. The average molecular weight is 322 g/mol. The standard InChI is InChI=1S/C20H18O4/c1-13-7-10-17(22-2)14(11-13)8-9-16(21)19-12-15-5-4-6-18(23-3)20(15)24-19/h4-12H,1-3H3/b9-8+. The molecule has 122 valence electrons. The van der Waals surface area contributed by atoms with Gasteiger partial charge in [0.15, 0.2) is 17.1 Å². The number of furan rings is 1. The van der Waals surface area contributed by atoms with Gasteiger partial charge in [-0.2, -0.15) is 0 Å². The number of ether oxygens (including phenoxy) is 2. The number of allylic oxidation sites excluding steroid dienone is 1. The maximum absolute atomic E-state index is 12.4. The molecule has 2 aromatic carbocycles. The number of carbonyl (C=O) groups is 1. The van der Waals surface area contributed by atoms with Gasteiger partial charge in [-0.15, -0.1) is 0 Å². The smallest absolute Gasteiger partial charge is 0.221 e. The number of para-hydroxylation sites is 1. The van der Waals surface area contributed by atoms with E-state index in [2.05, 4.69) is 0 Å². The van der Waals surface area contributed by atoms with Gasteiger partial charge in [0.05, 0.1) is 14.2 Å². The van der Waals surface area contributed by atoms with E-state index < -0.39 is 0 Å². The Balaban J connectivity index is 1.91. The molecule has 0 aliphatic rings. The molecule has 0 bridgehead atoms. The van der Waals surface area contributed by atoms with Gasteiger partial charge in [0.1, 0.15) is 5.75 Å². The molecule has 3 rings (SSSR count). The minimum Gasteiger partial charge on any atom is -0.496 e. The third-order valence-electron chi connectivity index (χ3n) is 3.77. The van der Waals surface area contributed by atoms with Gasteiger partial charge in [-0.1, -0.05) is 23.8 Å². The van der Waals surface area contributed by atoms with Crippen molar-refractivity contribution in [1.82, 2.24) is 0 Å². The SMILES string of the molecule is COc1ccc(C)cc1/C=C/C(=O)c1cc2cccc(OC)c2o1. The van der Waals surface area contributed by atoms with E-state index in [1.165, 1.54) is 6.08 Å². The van der Waals surface area contributed by atoms with Crippen molar-refractivity contribution >= 4 is 22.8 Å². The van der Waals surface area contributed by atoms with E-state index in [0.29, 0.717) is 11.3 Å². The van der Waals surface area contributed by atoms with Gasteiger partial charge in [-0.25, -0.2) is 0 Å². The number of methoxy groups -OCH3 is 2. The second-order valence-electron chi connectivity index (χ2n) is 5.43. The van der Waals surface area contributed by atoms with Crippen LogP contribution in [0.5, 0.6) is 11.5 Å². The summed E-state index contributed by atoms with van der Waals surface area (Å²) in [6, 6.07) is 13.1. The largest absolute Gasteiger partial charge is 0.496 e. The highest BCUT2D eigenvalue weighted by molar-refractivity contribution is 6.07. The lowest BCUT2D eigenvalue weighted by molar-refractivity contribution is 0.102. The number of aryl methyl sites for hydroxylation is 1. The quantitative estimate of drug-likeness (QED) is 0.506. The topological polar surface area (TPSA) is 48.7 Å². The van der Waals surface area contributed by atoms with E-state index in [9.17, 15) is 4.79 Å². The Labute approximate surface area is 140 Å². The van der Waals surface area contributed by atoms with Gasteiger partial charge in [0.2, 0.25) is 5.78 Å². The maximum Gasteiger partial charge on any atom is 0.221 e. The van der Waals surface area contributed by atoms with Crippen molar-refractivity contribution in [3.8, 4) is 11.5 Å². The zero-order chi connectivity index (χ0) is 17.1. The lowest BCUT2D eigenvalue weighted by atomic mass is 10.1. The molecule has 4 heteroatoms. The van der Waals surface area contributed by atoms with Gasteiger partial charge >= 0.3 is 0 Å². The van der Waals surface area contributed by atoms with Gasteiger partial charge in [-0.3, -0.25) is 4.79 Å². The first-order chi connectivity index (χ1) is 11.6. The van der Waals surface area contributed by atoms with Gasteiger partial charge in [-0.05, 0) is 43.3 Å². The Hall–Kier alpha value is -3.01. The summed E-state index contributed by atoms with van der Waals surface area (Å²) in [5.74, 6) is 1.39. The van der Waals surface area contributed by atoms with Crippen LogP contribution in [0, 0.1) is 6.92 Å². The van der Waals surface area contributed by atoms with E-state index >= 15 is 0 Å². The number of rotatable bonds is 5. The molecule has 3 aromatic rings. The Kier molecular flexibility index (Phi) is 4.38. The second-order valence-corrected chi connectivity index (χ2v) is 5.43. The monoisotopic (exact) mass is 322 g/mol. The molecular formula is C20H18O4. The highest BCUT2D eigenvalue weighted by atomic mass is 16.5. The summed E-state index contributed by atoms with van der Waals surface area (Å²) in [5, 5.41) is 0.833. The Bertz CT molecular complexity index is 919. The van der Waals surface area contributed by atoms with Crippen LogP contribution in [0.2, 0.25) is 0 Å². The molecule has 0 saturated carbocycles. The fourth-order valence-corrected chi connectivity index (χ4v) is 2.55. The normalized spacial score (nSPS) is 11.1. The Morgan fingerprint density at radius 2 is 1.83 bits per heavy atom. The minimum atomic E-state index is -0.211. The van der Waals surface area contributed by atoms with Crippen molar-refractivity contribution in [2.24, 2.45) is 0 Å². The lowest BCUT2D eigenvalue weighted by Crippen LogP contribution is -1.92. The number of carbonyl (C=O) groups excluding carboxylic acids is 1. The molecule has 1 aromatic heterocycles. The molecule has 1 heterocycles. The molecule has 0 fully saturated rings. The van der Waals surface area contributed by atoms with Crippen molar-refractivity contribution in [1.29, 1.82) is 0 Å². The second kappa shape index (κ2) is 6.62. The van der Waals surface area contributed by atoms with Gasteiger partial charge < -0.3 is 13.9 Å². The predicted molar refractivity (Wildman–Crippen MR) is 93.9 cm³/mol. The third-order valence-corrected chi connectivity index (χ3v) is 3.77. The van der Waals surface area contributed by atoms with E-state index in [1.54, 1.807) is 32.4 Å². The van der Waals surface area contributed by atoms with Crippen LogP contribution in [0.3, 0.4) is 0 Å². The summed E-state index contributed by atoms with van der Waals surface area (Å²) in [7, 11) is 3.18. The first-order valence-corrected chi connectivity index (χ1v) is 7.56. The molecule has 0 amide bonds. The summed E-state index contributed by atoms with van der Waals surface area (Å²) >= 11 is 0. The molecule has 0 radical (unpaired) electrons. The van der Waals surface area contributed by atoms with Crippen molar-refractivity contribution < 1.29 is 18.7 Å². The first-order valence-electron chi connectivity index (χ1n) is 7.56. The fraction of sp³-hybridized carbons (Fsp3) is 0.150. The number of benzene rings is 2. The van der Waals surface area contributed by atoms with Crippen molar-refractivity contribution in [2.45, 2.75) is 6.92 Å². The van der Waals surface area contributed by atoms with Crippen LogP contribution in [0.1, 0.15) is 21.7 Å². The summed E-state index contributed by atoms with van der Waals surface area (Å²) in [4.78, 5) is 12.4. The number of ketones is 1. The zero-order valence-corrected chi connectivity index (χ0v) is 13.8. The van der Waals surface area contributed by atoms with E-state index in [1.807, 2.05) is 37.3 Å². The van der Waals surface area contributed by atoms with Crippen LogP contribution in [0.15, 0.2) is 53.0 Å². The van der Waals surface area contributed by atoms with Crippen LogP contribution >= 0.6 is 0 Å². The molecule has 0 atom stereocenters. The highest BCUT2D eigenvalue weighted by Crippen LogP contribution is 2.29. The van der Waals surface area contributed by atoms with Crippen molar-refractivity contribution in [2.75, 3.05) is 14.2 Å². The third kappa shape index (κ3) is 3.04. The fourth-order valence-electron chi connectivity index (χ4n) is 2.55. The van der Waals surface area contributed by atoms with Crippen LogP contribution < -0.4 is 9.47 Å². The summed E-state index contributed by atoms with van der Waals surface area (Å²) in [6.45, 7) is 1.99. The summed E-state index contributed by atoms with van der Waals surface area (Å²) in [5.41, 5.74) is 2.51. The molecule has 0 aliphatic heterocycles. The summed E-state index contributed by atoms with van der Waals surface area (Å²) < 4.78 is 16.2. The van der Waals surface area contributed by atoms with E-state index in [0.717, 1.165) is 22.3 Å².